The first-order chi connectivity index (χ1) is 9.38. The van der Waals surface area contributed by atoms with E-state index in [1.165, 1.54) is 51.6 Å². The molecule has 2 rings (SSSR count). The van der Waals surface area contributed by atoms with Crippen LogP contribution in [0.3, 0.4) is 0 Å². The molecular formula is C17H33N3. The van der Waals surface area contributed by atoms with Gasteiger partial charge >= 0.3 is 0 Å². The molecule has 0 radical (unpaired) electrons. The average Bonchev–Trinajstić information content (AvgIpc) is 2.96. The number of unbranched alkanes of at least 4 members (excludes halogenated alkanes) is 1. The van der Waals surface area contributed by atoms with Gasteiger partial charge in [0.05, 0.1) is 5.84 Å². The number of nitrogens with zero attached hydrogens (tertiary/aromatic N) is 1. The second-order valence-corrected chi connectivity index (χ2v) is 7.95. The summed E-state index contributed by atoms with van der Waals surface area (Å²) in [6.45, 7) is 6.65. The minimum Gasteiger partial charge on any atom is -0.387 e. The van der Waals surface area contributed by atoms with Crippen LogP contribution in [0.5, 0.6) is 0 Å². The lowest BCUT2D eigenvalue weighted by atomic mass is 9.86. The Hall–Kier alpha value is -0.570. The summed E-state index contributed by atoms with van der Waals surface area (Å²) in [6, 6.07) is 0. The molecular weight excluding hydrogens is 246 g/mol. The molecule has 0 spiro atoms. The van der Waals surface area contributed by atoms with E-state index >= 15 is 0 Å². The van der Waals surface area contributed by atoms with Gasteiger partial charge in [-0.2, -0.15) is 0 Å². The lowest BCUT2D eigenvalue weighted by Gasteiger charge is -2.27. The molecule has 0 aliphatic heterocycles. The SMILES string of the molecule is CN(CCCCC(C)(C)C(=N)N)CC1CC2CCC1C2. The van der Waals surface area contributed by atoms with Gasteiger partial charge in [-0.15, -0.1) is 0 Å². The Balaban J connectivity index is 1.59. The van der Waals surface area contributed by atoms with Crippen molar-refractivity contribution in [3.63, 3.8) is 0 Å². The molecule has 20 heavy (non-hydrogen) atoms. The van der Waals surface area contributed by atoms with Crippen LogP contribution < -0.4 is 5.73 Å². The predicted molar refractivity (Wildman–Crippen MR) is 86.0 cm³/mol. The third-order valence-electron chi connectivity index (χ3n) is 5.75. The fourth-order valence-electron chi connectivity index (χ4n) is 4.18. The maximum Gasteiger partial charge on any atom is 0.0963 e. The highest BCUT2D eigenvalue weighted by Gasteiger charge is 2.39. The molecule has 2 aliphatic carbocycles. The normalized spacial score (nSPS) is 29.3. The number of nitrogens with one attached hydrogen (secondary N) is 1. The third-order valence-corrected chi connectivity index (χ3v) is 5.75. The zero-order chi connectivity index (χ0) is 14.8. The monoisotopic (exact) mass is 279 g/mol. The summed E-state index contributed by atoms with van der Waals surface area (Å²) in [5, 5.41) is 7.58. The first-order valence-corrected chi connectivity index (χ1v) is 8.41. The molecule has 0 amide bonds. The molecule has 2 saturated carbocycles. The molecule has 0 aromatic heterocycles. The van der Waals surface area contributed by atoms with Crippen molar-refractivity contribution in [2.75, 3.05) is 20.1 Å². The van der Waals surface area contributed by atoms with Crippen molar-refractivity contribution in [3.8, 4) is 0 Å². The molecule has 2 bridgehead atoms. The summed E-state index contributed by atoms with van der Waals surface area (Å²) in [7, 11) is 2.28. The van der Waals surface area contributed by atoms with Crippen molar-refractivity contribution < 1.29 is 0 Å². The number of rotatable bonds is 8. The maximum absolute atomic E-state index is 7.58. The van der Waals surface area contributed by atoms with Crippen LogP contribution in [0.4, 0.5) is 0 Å². The summed E-state index contributed by atoms with van der Waals surface area (Å²) in [5.41, 5.74) is 5.51. The molecule has 2 fully saturated rings. The molecule has 0 aromatic rings. The van der Waals surface area contributed by atoms with E-state index in [1.807, 2.05) is 0 Å². The topological polar surface area (TPSA) is 53.1 Å². The molecule has 3 heteroatoms. The van der Waals surface area contributed by atoms with E-state index < -0.39 is 0 Å². The van der Waals surface area contributed by atoms with E-state index in [-0.39, 0.29) is 5.41 Å². The Morgan fingerprint density at radius 3 is 2.55 bits per heavy atom. The lowest BCUT2D eigenvalue weighted by Crippen LogP contribution is -2.31. The summed E-state index contributed by atoms with van der Waals surface area (Å²) in [4.78, 5) is 2.53. The van der Waals surface area contributed by atoms with Crippen molar-refractivity contribution in [3.05, 3.63) is 0 Å². The average molecular weight is 279 g/mol. The van der Waals surface area contributed by atoms with Gasteiger partial charge in [0.25, 0.3) is 0 Å². The van der Waals surface area contributed by atoms with Crippen LogP contribution in [0.1, 0.15) is 58.8 Å². The van der Waals surface area contributed by atoms with Crippen LogP contribution in [0.15, 0.2) is 0 Å². The Labute approximate surface area is 124 Å². The van der Waals surface area contributed by atoms with Gasteiger partial charge in [0.15, 0.2) is 0 Å². The quantitative estimate of drug-likeness (QED) is 0.406. The van der Waals surface area contributed by atoms with E-state index in [2.05, 4.69) is 25.8 Å². The van der Waals surface area contributed by atoms with E-state index in [0.717, 1.165) is 24.2 Å². The van der Waals surface area contributed by atoms with E-state index in [4.69, 9.17) is 11.1 Å². The van der Waals surface area contributed by atoms with Crippen molar-refractivity contribution in [2.45, 2.75) is 58.8 Å². The molecule has 3 nitrogen and oxygen atoms in total. The number of amidine groups is 1. The van der Waals surface area contributed by atoms with E-state index in [0.29, 0.717) is 5.84 Å². The largest absolute Gasteiger partial charge is 0.387 e. The maximum atomic E-state index is 7.58. The highest BCUT2D eigenvalue weighted by atomic mass is 15.1. The van der Waals surface area contributed by atoms with Crippen LogP contribution in [-0.4, -0.2) is 30.9 Å². The Morgan fingerprint density at radius 2 is 2.00 bits per heavy atom. The minimum absolute atomic E-state index is 0.122. The fraction of sp³-hybridized carbons (Fsp3) is 0.941. The van der Waals surface area contributed by atoms with Crippen LogP contribution in [0.2, 0.25) is 0 Å². The predicted octanol–water partition coefficient (Wildman–Crippen LogP) is 3.49. The molecule has 2 aliphatic rings. The summed E-state index contributed by atoms with van der Waals surface area (Å²) in [6.07, 6.45) is 9.45. The molecule has 3 N–H and O–H groups in total. The van der Waals surface area contributed by atoms with Gasteiger partial charge in [-0.1, -0.05) is 26.7 Å². The minimum atomic E-state index is -0.122. The summed E-state index contributed by atoms with van der Waals surface area (Å²) < 4.78 is 0. The van der Waals surface area contributed by atoms with Crippen LogP contribution >= 0.6 is 0 Å². The molecule has 0 aromatic carbocycles. The van der Waals surface area contributed by atoms with Crippen molar-refractivity contribution in [2.24, 2.45) is 28.9 Å². The zero-order valence-corrected chi connectivity index (χ0v) is 13.6. The lowest BCUT2D eigenvalue weighted by molar-refractivity contribution is 0.215. The smallest absolute Gasteiger partial charge is 0.0963 e. The molecule has 3 atom stereocenters. The van der Waals surface area contributed by atoms with Gasteiger partial charge in [-0.05, 0) is 63.5 Å². The number of hydrogen-bond donors (Lipinski definition) is 2. The first-order valence-electron chi connectivity index (χ1n) is 8.41. The number of fused-ring (bicyclic) bond motifs is 2. The third kappa shape index (κ3) is 3.97. The van der Waals surface area contributed by atoms with E-state index in [9.17, 15) is 0 Å². The van der Waals surface area contributed by atoms with Gasteiger partial charge in [-0.3, -0.25) is 5.41 Å². The Morgan fingerprint density at radius 1 is 1.25 bits per heavy atom. The molecule has 116 valence electrons. The first kappa shape index (κ1) is 15.8. The van der Waals surface area contributed by atoms with Gasteiger partial charge in [-0.25, -0.2) is 0 Å². The van der Waals surface area contributed by atoms with E-state index in [1.54, 1.807) is 0 Å². The van der Waals surface area contributed by atoms with Crippen LogP contribution in [0.25, 0.3) is 0 Å². The molecule has 0 heterocycles. The summed E-state index contributed by atoms with van der Waals surface area (Å²) in [5.74, 6) is 3.41. The fourth-order valence-corrected chi connectivity index (χ4v) is 4.18. The van der Waals surface area contributed by atoms with Crippen LogP contribution in [-0.2, 0) is 0 Å². The van der Waals surface area contributed by atoms with Crippen molar-refractivity contribution in [1.29, 1.82) is 5.41 Å². The highest BCUT2D eigenvalue weighted by molar-refractivity contribution is 5.82. The Bertz CT molecular complexity index is 337. The van der Waals surface area contributed by atoms with Crippen molar-refractivity contribution >= 4 is 5.84 Å². The second kappa shape index (κ2) is 6.46. The molecule has 0 saturated heterocycles. The van der Waals surface area contributed by atoms with Crippen molar-refractivity contribution in [1.82, 2.24) is 4.90 Å². The van der Waals surface area contributed by atoms with Gasteiger partial charge in [0.2, 0.25) is 0 Å². The van der Waals surface area contributed by atoms with Gasteiger partial charge in [0, 0.05) is 12.0 Å². The summed E-state index contributed by atoms with van der Waals surface area (Å²) >= 11 is 0. The van der Waals surface area contributed by atoms with Gasteiger partial charge < -0.3 is 10.6 Å². The standard InChI is InChI=1S/C17H33N3/c1-17(2,16(18)19)8-4-5-9-20(3)12-15-11-13-6-7-14(15)10-13/h13-15H,4-12H2,1-3H3,(H3,18,19). The second-order valence-electron chi connectivity index (χ2n) is 7.95. The highest BCUT2D eigenvalue weighted by Crippen LogP contribution is 2.48. The number of hydrogen-bond acceptors (Lipinski definition) is 2. The number of nitrogens with two attached hydrogens (primary N) is 1. The van der Waals surface area contributed by atoms with Gasteiger partial charge in [0.1, 0.15) is 0 Å². The molecule has 3 unspecified atom stereocenters. The Kier molecular flexibility index (Phi) is 5.11. The van der Waals surface area contributed by atoms with Crippen LogP contribution in [0, 0.1) is 28.6 Å². The zero-order valence-electron chi connectivity index (χ0n) is 13.6.